The molecule has 21 heteroatoms. The molecule has 7 heterocycles. The summed E-state index contributed by atoms with van der Waals surface area (Å²) in [5.41, 5.74) is 12.8. The number of anilines is 5. The second-order valence-electron chi connectivity index (χ2n) is 22.0. The van der Waals surface area contributed by atoms with Crippen molar-refractivity contribution in [2.24, 2.45) is 0 Å². The molecule has 0 spiro atoms. The summed E-state index contributed by atoms with van der Waals surface area (Å²) < 4.78 is 7.68. The van der Waals surface area contributed by atoms with Crippen molar-refractivity contribution in [3.63, 3.8) is 0 Å². The number of nitrogens with zero attached hydrogens (tertiary/aromatic N) is 11. The number of benzene rings is 1. The first-order valence-electron chi connectivity index (χ1n) is 30.2. The van der Waals surface area contributed by atoms with Gasteiger partial charge in [-0.05, 0) is 139 Å². The Kier molecular flexibility index (Phi) is 24.2. The zero-order chi connectivity index (χ0) is 61.7. The van der Waals surface area contributed by atoms with E-state index in [0.717, 1.165) is 140 Å². The molecule has 3 fully saturated rings. The van der Waals surface area contributed by atoms with E-state index in [4.69, 9.17) is 19.6 Å². The summed E-state index contributed by atoms with van der Waals surface area (Å²) >= 11 is 0. The van der Waals surface area contributed by atoms with Crippen LogP contribution in [0, 0.1) is 20.8 Å². The quantitative estimate of drug-likeness (QED) is 0.0367. The summed E-state index contributed by atoms with van der Waals surface area (Å²) in [7, 11) is 1.61. The van der Waals surface area contributed by atoms with Gasteiger partial charge in [-0.1, -0.05) is 43.9 Å². The first-order chi connectivity index (χ1) is 41.6. The molecule has 86 heavy (non-hydrogen) atoms. The smallest absolute Gasteiger partial charge is 0.331 e. The number of ether oxygens (including phenoxy) is 1. The molecule has 9 rings (SSSR count). The maximum Gasteiger partial charge on any atom is 0.331 e. The lowest BCUT2D eigenvalue weighted by Crippen LogP contribution is -2.51. The van der Waals surface area contributed by atoms with Gasteiger partial charge in [-0.2, -0.15) is 5.10 Å². The third kappa shape index (κ3) is 16.9. The Morgan fingerprint density at radius 3 is 2.45 bits per heavy atom. The van der Waals surface area contributed by atoms with Crippen molar-refractivity contribution in [1.82, 2.24) is 49.6 Å². The summed E-state index contributed by atoms with van der Waals surface area (Å²) in [6, 6.07) is 6.56. The van der Waals surface area contributed by atoms with Gasteiger partial charge in [0.1, 0.15) is 18.6 Å². The maximum atomic E-state index is 12.9. The van der Waals surface area contributed by atoms with Crippen LogP contribution in [0.2, 0.25) is 0 Å². The molecule has 4 aromatic rings. The topological polar surface area (TPSA) is 227 Å². The summed E-state index contributed by atoms with van der Waals surface area (Å²) in [5.74, 6) is 1.06. The number of rotatable bonds is 20. The summed E-state index contributed by atoms with van der Waals surface area (Å²) in [6.07, 6.45) is 31.0. The number of fused-ring (bicyclic) bond motifs is 1. The fourth-order valence-corrected chi connectivity index (χ4v) is 11.4. The Hall–Kier alpha value is -8.59. The summed E-state index contributed by atoms with van der Waals surface area (Å²) in [4.78, 5) is 82.9. The second-order valence-corrected chi connectivity index (χ2v) is 22.0. The minimum atomic E-state index is -0.250. The zero-order valence-corrected chi connectivity index (χ0v) is 51.6. The fraction of sp³-hybridized carbons (Fsp3) is 0.462. The van der Waals surface area contributed by atoms with Crippen molar-refractivity contribution in [2.75, 3.05) is 99.5 Å². The molecule has 1 unspecified atom stereocenters. The number of nitrogens with one attached hydrogen (secondary N) is 3. The van der Waals surface area contributed by atoms with E-state index in [2.05, 4.69) is 110 Å². The average molecular weight is 1180 g/mol. The van der Waals surface area contributed by atoms with Crippen molar-refractivity contribution in [2.45, 2.75) is 118 Å². The first kappa shape index (κ1) is 65.0. The molecule has 3 saturated heterocycles. The molecular formula is C65H88N14O7. The lowest BCUT2D eigenvalue weighted by Gasteiger charge is -2.39. The molecular weight excluding hydrogens is 1090 g/mol. The number of hydrogen-bond donors (Lipinski definition) is 4. The van der Waals surface area contributed by atoms with Gasteiger partial charge in [-0.25, -0.2) is 24.5 Å². The minimum absolute atomic E-state index is 0.0928. The van der Waals surface area contributed by atoms with Gasteiger partial charge in [0.2, 0.25) is 17.7 Å². The molecule has 1 aromatic carbocycles. The monoisotopic (exact) mass is 1180 g/mol. The number of amides is 5. The van der Waals surface area contributed by atoms with Crippen molar-refractivity contribution >= 4 is 71.1 Å². The number of pyridine rings is 1. The molecule has 460 valence electrons. The SMILES string of the molecule is C/C=C/CN1C(=O)CCN(C2=CC=C(N3CCCCC3)CC=C2C)C1=O.C=C(/C=C\c1cnc(Nc2cnn(C(C)CCN(CC)C3CCN(c4ccc(N(CCC=O)C(=O)NC)c(C)c4)CC3)c2)nc1C)c1cnc2c(c1C)NCCO2.O=CO. The molecule has 3 aromatic heterocycles. The van der Waals surface area contributed by atoms with E-state index in [1.807, 2.05) is 80.6 Å². The van der Waals surface area contributed by atoms with Crippen LogP contribution in [0.25, 0.3) is 11.6 Å². The molecule has 0 saturated carbocycles. The molecule has 21 nitrogen and oxygen atoms in total. The number of carbonyl (C=O) groups excluding carboxylic acids is 4. The van der Waals surface area contributed by atoms with Gasteiger partial charge in [-0.3, -0.25) is 29.0 Å². The highest BCUT2D eigenvalue weighted by molar-refractivity contribution is 5.98. The maximum absolute atomic E-state index is 12.9. The van der Waals surface area contributed by atoms with E-state index < -0.39 is 0 Å². The standard InChI is InChI=1S/C43H57N11O3.C21H29N3O2.CH2O2/c1-8-51(36-15-20-52(21-16-36)37-12-13-39(30(3)24-37)53(18-9-22-55)43(56)44-7)19-14-31(4)54-28-35(26-48-54)50-42-47-25-34(33(6)49-42)11-10-29(2)38-27-46-41-40(32(38)5)45-17-23-57-41;1-3-4-15-24-20(25)12-16-23(21(24)26)19-11-10-18(9-8-17(19)2)22-13-6-5-7-14-22;2-1-3/h10-13,22,24-28,31,36,45H,2,8-9,14-21,23H2,1,3-7H3,(H,44,56)(H,47,49,50);3-4,8,10-11H,5-7,9,12-16H2,1-2H3;1H,(H,2,3)/b11-10-;4-3+;. The summed E-state index contributed by atoms with van der Waals surface area (Å²) in [6.45, 7) is 27.2. The Labute approximate surface area is 507 Å². The van der Waals surface area contributed by atoms with E-state index in [0.29, 0.717) is 57.0 Å². The van der Waals surface area contributed by atoms with Gasteiger partial charge in [0.25, 0.3) is 6.47 Å². The molecule has 1 atom stereocenters. The van der Waals surface area contributed by atoms with Gasteiger partial charge in [0.15, 0.2) is 0 Å². The number of carbonyl (C=O) groups is 5. The second kappa shape index (κ2) is 32.1. The van der Waals surface area contributed by atoms with Crippen molar-refractivity contribution in [1.29, 1.82) is 0 Å². The number of hydrogen-bond acceptors (Lipinski definition) is 15. The van der Waals surface area contributed by atoms with E-state index in [-0.39, 0.29) is 30.5 Å². The van der Waals surface area contributed by atoms with Gasteiger partial charge in [-0.15, -0.1) is 0 Å². The first-order valence-corrected chi connectivity index (χ1v) is 30.2. The van der Waals surface area contributed by atoms with Crippen molar-refractivity contribution in [3.8, 4) is 5.88 Å². The summed E-state index contributed by atoms with van der Waals surface area (Å²) in [5, 5.41) is 21.0. The predicted octanol–water partition coefficient (Wildman–Crippen LogP) is 10.5. The van der Waals surface area contributed by atoms with Gasteiger partial charge < -0.3 is 45.3 Å². The zero-order valence-electron chi connectivity index (χ0n) is 51.6. The number of aryl methyl sites for hydroxylation is 2. The third-order valence-corrected chi connectivity index (χ3v) is 16.4. The Morgan fingerprint density at radius 2 is 1.76 bits per heavy atom. The van der Waals surface area contributed by atoms with Crippen LogP contribution in [0.15, 0.2) is 103 Å². The lowest BCUT2D eigenvalue weighted by atomic mass is 10.0. The highest BCUT2D eigenvalue weighted by Gasteiger charge is 2.34. The number of aldehydes is 1. The van der Waals surface area contributed by atoms with E-state index in [1.165, 1.54) is 35.5 Å². The van der Waals surface area contributed by atoms with E-state index >= 15 is 0 Å². The predicted molar refractivity (Wildman–Crippen MR) is 341 cm³/mol. The van der Waals surface area contributed by atoms with Gasteiger partial charge in [0, 0.05) is 144 Å². The molecule has 1 aliphatic carbocycles. The van der Waals surface area contributed by atoms with E-state index in [9.17, 15) is 19.2 Å². The Balaban J connectivity index is 0.000000302. The molecule has 0 radical (unpaired) electrons. The number of imide groups is 1. The van der Waals surface area contributed by atoms with Crippen LogP contribution in [0.5, 0.6) is 5.88 Å². The van der Waals surface area contributed by atoms with Crippen LogP contribution in [0.1, 0.15) is 119 Å². The van der Waals surface area contributed by atoms with Crippen LogP contribution in [-0.4, -0.2) is 165 Å². The number of allylic oxidation sites excluding steroid dienone is 7. The van der Waals surface area contributed by atoms with Crippen LogP contribution < -0.4 is 30.5 Å². The number of likely N-dealkylation sites (tertiary alicyclic amines) is 1. The third-order valence-electron chi connectivity index (χ3n) is 16.4. The molecule has 5 amide bonds. The molecule has 4 N–H and O–H groups in total. The molecule has 4 aliphatic heterocycles. The van der Waals surface area contributed by atoms with Crippen LogP contribution in [0.4, 0.5) is 38.3 Å². The number of urea groups is 2. The minimum Gasteiger partial charge on any atom is -0.483 e. The largest absolute Gasteiger partial charge is 0.483 e. The van der Waals surface area contributed by atoms with Crippen LogP contribution in [-0.2, 0) is 14.4 Å². The normalized spacial score (nSPS) is 16.7. The van der Waals surface area contributed by atoms with Crippen molar-refractivity contribution < 1.29 is 33.8 Å². The number of piperidine rings is 2. The van der Waals surface area contributed by atoms with E-state index in [1.54, 1.807) is 16.8 Å². The van der Waals surface area contributed by atoms with Crippen LogP contribution >= 0.6 is 0 Å². The fourth-order valence-electron chi connectivity index (χ4n) is 11.4. The Bertz CT molecular complexity index is 3170. The van der Waals surface area contributed by atoms with Crippen LogP contribution in [0.3, 0.4) is 0 Å². The van der Waals surface area contributed by atoms with Crippen molar-refractivity contribution in [3.05, 3.63) is 131 Å². The number of aromatic nitrogens is 5. The molecule has 0 bridgehead atoms. The highest BCUT2D eigenvalue weighted by Crippen LogP contribution is 2.35. The number of carboxylic acid groups (broad SMARTS) is 1. The lowest BCUT2D eigenvalue weighted by molar-refractivity contribution is -0.130. The van der Waals surface area contributed by atoms with Gasteiger partial charge >= 0.3 is 12.1 Å². The average Bonchev–Trinajstić information content (AvgIpc) is 2.91. The van der Waals surface area contributed by atoms with Gasteiger partial charge in [0.05, 0.1) is 23.6 Å². The highest BCUT2D eigenvalue weighted by atomic mass is 16.5. The Morgan fingerprint density at radius 1 is 0.988 bits per heavy atom. The molecule has 5 aliphatic rings.